The van der Waals surface area contributed by atoms with E-state index >= 15 is 0 Å². The summed E-state index contributed by atoms with van der Waals surface area (Å²) in [5, 5.41) is 19.2. The van der Waals surface area contributed by atoms with Crippen molar-refractivity contribution in [3.8, 4) is 11.5 Å². The monoisotopic (exact) mass is 452 g/mol. The maximum atomic E-state index is 10.1. The minimum absolute atomic E-state index is 0.0201. The molecule has 3 atom stereocenters. The van der Waals surface area contributed by atoms with E-state index in [-0.39, 0.29) is 5.41 Å². The first kappa shape index (κ1) is 24.3. The van der Waals surface area contributed by atoms with Gasteiger partial charge in [-0.25, -0.2) is 0 Å². The van der Waals surface area contributed by atoms with E-state index in [2.05, 4.69) is 31.2 Å². The zero-order chi connectivity index (χ0) is 23.0. The highest BCUT2D eigenvalue weighted by Crippen LogP contribution is 2.47. The molecule has 4 nitrogen and oxygen atoms in total. The van der Waals surface area contributed by atoms with Crippen LogP contribution in [0.5, 0.6) is 11.5 Å². The molecule has 4 rings (SSSR count). The van der Waals surface area contributed by atoms with Gasteiger partial charge in [0.15, 0.2) is 0 Å². The fourth-order valence-corrected chi connectivity index (χ4v) is 5.35. The molecule has 0 aliphatic heterocycles. The van der Waals surface area contributed by atoms with Gasteiger partial charge in [0.05, 0.1) is 6.61 Å². The fourth-order valence-electron chi connectivity index (χ4n) is 4.56. The van der Waals surface area contributed by atoms with Crippen LogP contribution in [0.1, 0.15) is 50.7 Å². The minimum atomic E-state index is -1.52. The van der Waals surface area contributed by atoms with Crippen LogP contribution >= 0.6 is 8.38 Å². The third-order valence-corrected chi connectivity index (χ3v) is 7.31. The zero-order valence-electron chi connectivity index (χ0n) is 18.8. The Hall–Kier alpha value is -2.39. The highest BCUT2D eigenvalue weighted by atomic mass is 31.2. The molecule has 170 valence electrons. The lowest BCUT2D eigenvalue weighted by Crippen LogP contribution is -2.33. The van der Waals surface area contributed by atoms with Crippen molar-refractivity contribution >= 4 is 13.7 Å². The van der Waals surface area contributed by atoms with Crippen molar-refractivity contribution in [3.05, 3.63) is 90.0 Å². The molecule has 5 heteroatoms. The van der Waals surface area contributed by atoms with Crippen molar-refractivity contribution in [3.63, 3.8) is 0 Å². The smallest absolute Gasteiger partial charge is 0.202 e. The van der Waals surface area contributed by atoms with Gasteiger partial charge >= 0.3 is 0 Å². The van der Waals surface area contributed by atoms with Crippen molar-refractivity contribution in [1.29, 1.82) is 0 Å². The number of hydrogen-bond acceptors (Lipinski definition) is 4. The predicted molar refractivity (Wildman–Crippen MR) is 131 cm³/mol. The van der Waals surface area contributed by atoms with Gasteiger partial charge in [-0.2, -0.15) is 0 Å². The third kappa shape index (κ3) is 6.10. The van der Waals surface area contributed by atoms with E-state index in [0.29, 0.717) is 24.0 Å². The Morgan fingerprint density at radius 3 is 1.94 bits per heavy atom. The lowest BCUT2D eigenvalue weighted by Gasteiger charge is -2.41. The second kappa shape index (κ2) is 11.5. The molecule has 0 amide bonds. The quantitative estimate of drug-likeness (QED) is 0.401. The van der Waals surface area contributed by atoms with Gasteiger partial charge in [-0.05, 0) is 73.2 Å². The third-order valence-electron chi connectivity index (χ3n) is 6.07. The van der Waals surface area contributed by atoms with E-state index in [1.165, 1.54) is 24.0 Å². The molecule has 0 radical (unpaired) electrons. The van der Waals surface area contributed by atoms with Crippen LogP contribution in [0.4, 0.5) is 0 Å². The van der Waals surface area contributed by atoms with Gasteiger partial charge in [0, 0.05) is 10.7 Å². The molecule has 1 fully saturated rings. The van der Waals surface area contributed by atoms with Gasteiger partial charge < -0.3 is 19.6 Å². The van der Waals surface area contributed by atoms with Crippen LogP contribution in [0.25, 0.3) is 0 Å². The Morgan fingerprint density at radius 2 is 1.44 bits per heavy atom. The van der Waals surface area contributed by atoms with Gasteiger partial charge in [-0.15, -0.1) is 0 Å². The molecular formula is C27H33O4P. The van der Waals surface area contributed by atoms with E-state index in [1.807, 2.05) is 25.1 Å². The van der Waals surface area contributed by atoms with Crippen LogP contribution in [-0.4, -0.2) is 21.7 Å². The predicted octanol–water partition coefficient (Wildman–Crippen LogP) is 6.25. The SMILES string of the molecule is CCOP(O)c1ccc(C2(c3ccc(O)cc3)CCCC(C)C2)cc1.Oc1ccccc1. The number of aromatic hydroxyl groups is 2. The molecule has 0 heterocycles. The number of benzene rings is 3. The van der Waals surface area contributed by atoms with Gasteiger partial charge in [-0.1, -0.05) is 62.2 Å². The molecule has 1 saturated carbocycles. The van der Waals surface area contributed by atoms with Crippen molar-refractivity contribution in [2.24, 2.45) is 5.92 Å². The second-order valence-corrected chi connectivity index (χ2v) is 9.72. The van der Waals surface area contributed by atoms with E-state index in [1.54, 1.807) is 36.4 Å². The standard InChI is InChI=1S/C21H27O3P.C6H6O/c1-3-24-25(23)20-12-8-18(9-13-20)21(14-4-5-16(2)15-21)17-6-10-19(22)11-7-17;7-6-4-2-1-3-5-6/h6-13,16,22-23H,3-5,14-15H2,1-2H3;1-5,7H. The molecule has 3 unspecified atom stereocenters. The average Bonchev–Trinajstić information content (AvgIpc) is 2.81. The maximum absolute atomic E-state index is 10.1. The largest absolute Gasteiger partial charge is 0.508 e. The Bertz CT molecular complexity index is 944. The maximum Gasteiger partial charge on any atom is 0.202 e. The Morgan fingerprint density at radius 1 is 0.875 bits per heavy atom. The molecule has 0 saturated heterocycles. The number of rotatable bonds is 5. The molecule has 0 spiro atoms. The van der Waals surface area contributed by atoms with Crippen LogP contribution in [0.2, 0.25) is 0 Å². The second-order valence-electron chi connectivity index (χ2n) is 8.40. The van der Waals surface area contributed by atoms with Crippen molar-refractivity contribution in [2.75, 3.05) is 6.61 Å². The topological polar surface area (TPSA) is 69.9 Å². The number of hydrogen-bond donors (Lipinski definition) is 3. The lowest BCUT2D eigenvalue weighted by atomic mass is 9.63. The molecule has 32 heavy (non-hydrogen) atoms. The van der Waals surface area contributed by atoms with Crippen molar-refractivity contribution in [1.82, 2.24) is 0 Å². The van der Waals surface area contributed by atoms with Crippen LogP contribution < -0.4 is 5.30 Å². The molecule has 1 aliphatic carbocycles. The summed E-state index contributed by atoms with van der Waals surface area (Å²) in [5.74, 6) is 1.30. The number of phenolic OH excluding ortho intramolecular Hbond substituents is 2. The first-order chi connectivity index (χ1) is 15.4. The van der Waals surface area contributed by atoms with Gasteiger partial charge in [0.2, 0.25) is 8.38 Å². The molecular weight excluding hydrogens is 419 g/mol. The van der Waals surface area contributed by atoms with E-state index in [4.69, 9.17) is 9.63 Å². The average molecular weight is 453 g/mol. The van der Waals surface area contributed by atoms with Crippen LogP contribution in [0.3, 0.4) is 0 Å². The lowest BCUT2D eigenvalue weighted by molar-refractivity contribution is 0.272. The van der Waals surface area contributed by atoms with Crippen molar-refractivity contribution in [2.45, 2.75) is 44.9 Å². The van der Waals surface area contributed by atoms with E-state index in [0.717, 1.165) is 18.1 Å². The Balaban J connectivity index is 0.000000352. The number of para-hydroxylation sites is 1. The van der Waals surface area contributed by atoms with E-state index in [9.17, 15) is 10.00 Å². The van der Waals surface area contributed by atoms with Crippen LogP contribution in [-0.2, 0) is 9.94 Å². The summed E-state index contributed by atoms with van der Waals surface area (Å²) >= 11 is 0. The van der Waals surface area contributed by atoms with Crippen LogP contribution in [0, 0.1) is 5.92 Å². The summed E-state index contributed by atoms with van der Waals surface area (Å²) < 4.78 is 5.35. The summed E-state index contributed by atoms with van der Waals surface area (Å²) in [6, 6.07) is 24.7. The molecule has 3 N–H and O–H groups in total. The van der Waals surface area contributed by atoms with Gasteiger partial charge in [0.1, 0.15) is 11.5 Å². The van der Waals surface area contributed by atoms with Crippen LogP contribution in [0.15, 0.2) is 78.9 Å². The number of phenols is 2. The summed E-state index contributed by atoms with van der Waals surface area (Å²) in [6.45, 7) is 4.73. The summed E-state index contributed by atoms with van der Waals surface area (Å²) in [4.78, 5) is 10.1. The zero-order valence-corrected chi connectivity index (χ0v) is 19.7. The Labute approximate surface area is 192 Å². The summed E-state index contributed by atoms with van der Waals surface area (Å²) in [7, 11) is -1.52. The fraction of sp³-hybridized carbons (Fsp3) is 0.333. The van der Waals surface area contributed by atoms with Crippen molar-refractivity contribution < 1.29 is 19.6 Å². The summed E-state index contributed by atoms with van der Waals surface area (Å²) in [5.41, 5.74) is 2.53. The first-order valence-electron chi connectivity index (χ1n) is 11.2. The van der Waals surface area contributed by atoms with Gasteiger partial charge in [-0.3, -0.25) is 0 Å². The molecule has 0 aromatic heterocycles. The first-order valence-corrected chi connectivity index (χ1v) is 12.4. The highest BCUT2D eigenvalue weighted by molar-refractivity contribution is 7.55. The van der Waals surface area contributed by atoms with E-state index < -0.39 is 8.38 Å². The Kier molecular flexibility index (Phi) is 8.69. The minimum Gasteiger partial charge on any atom is -0.508 e. The molecule has 3 aromatic rings. The molecule has 1 aliphatic rings. The highest BCUT2D eigenvalue weighted by Gasteiger charge is 2.38. The summed E-state index contributed by atoms with van der Waals surface area (Å²) in [6.07, 6.45) is 4.69. The van der Waals surface area contributed by atoms with Gasteiger partial charge in [0.25, 0.3) is 0 Å². The normalized spacial score (nSPS) is 21.3. The molecule has 0 bridgehead atoms. The molecule has 3 aromatic carbocycles.